The lowest BCUT2D eigenvalue weighted by Crippen LogP contribution is -2.17. The minimum absolute atomic E-state index is 0.193. The summed E-state index contributed by atoms with van der Waals surface area (Å²) in [5.74, 6) is -0.409. The highest BCUT2D eigenvalue weighted by molar-refractivity contribution is 5.87. The number of nitriles is 1. The zero-order chi connectivity index (χ0) is 13.9. The van der Waals surface area contributed by atoms with Crippen molar-refractivity contribution < 1.29 is 9.53 Å². The molecule has 0 radical (unpaired) electrons. The summed E-state index contributed by atoms with van der Waals surface area (Å²) in [6.07, 6.45) is 2.70. The highest BCUT2D eigenvalue weighted by Crippen LogP contribution is 2.32. The number of rotatable bonds is 2. The Bertz CT molecular complexity index is 682. The standard InChI is InChI=1S/C16H14N2O2/c17-10-12-8-9-14(18-12)16(19)20-15-7-3-5-11-4-1-2-6-13(11)15/h1-2,4,6,8-9,15,18H,3,5,7H2/t15-/m0/s1. The van der Waals surface area contributed by atoms with E-state index in [4.69, 9.17) is 10.00 Å². The zero-order valence-electron chi connectivity index (χ0n) is 10.9. The van der Waals surface area contributed by atoms with Gasteiger partial charge in [0.1, 0.15) is 23.6 Å². The van der Waals surface area contributed by atoms with Crippen LogP contribution >= 0.6 is 0 Å². The molecule has 0 amide bonds. The lowest BCUT2D eigenvalue weighted by Gasteiger charge is -2.25. The number of nitrogens with zero attached hydrogens (tertiary/aromatic N) is 1. The first kappa shape index (κ1) is 12.5. The molecular weight excluding hydrogens is 252 g/mol. The van der Waals surface area contributed by atoms with Gasteiger partial charge in [-0.3, -0.25) is 0 Å². The summed E-state index contributed by atoms with van der Waals surface area (Å²) in [5, 5.41) is 8.75. The number of aromatic nitrogens is 1. The fourth-order valence-electron chi connectivity index (χ4n) is 2.60. The molecular formula is C16H14N2O2. The van der Waals surface area contributed by atoms with Gasteiger partial charge in [-0.25, -0.2) is 4.79 Å². The van der Waals surface area contributed by atoms with E-state index in [1.54, 1.807) is 12.1 Å². The molecule has 2 aromatic rings. The molecule has 1 N–H and O–H groups in total. The number of aromatic amines is 1. The Morgan fingerprint density at radius 1 is 1.30 bits per heavy atom. The lowest BCUT2D eigenvalue weighted by atomic mass is 9.89. The van der Waals surface area contributed by atoms with Crippen molar-refractivity contribution in [2.24, 2.45) is 0 Å². The third-order valence-corrected chi connectivity index (χ3v) is 3.59. The molecule has 20 heavy (non-hydrogen) atoms. The summed E-state index contributed by atoms with van der Waals surface area (Å²) in [4.78, 5) is 14.8. The fraction of sp³-hybridized carbons (Fsp3) is 0.250. The highest BCUT2D eigenvalue weighted by atomic mass is 16.5. The molecule has 4 nitrogen and oxygen atoms in total. The van der Waals surface area contributed by atoms with E-state index >= 15 is 0 Å². The average molecular weight is 266 g/mol. The van der Waals surface area contributed by atoms with Crippen LogP contribution < -0.4 is 0 Å². The summed E-state index contributed by atoms with van der Waals surface area (Å²) in [5.41, 5.74) is 3.03. The number of aryl methyl sites for hydroxylation is 1. The largest absolute Gasteiger partial charge is 0.453 e. The summed E-state index contributed by atoms with van der Waals surface area (Å²) >= 11 is 0. The average Bonchev–Trinajstić information content (AvgIpc) is 2.97. The smallest absolute Gasteiger partial charge is 0.355 e. The molecule has 0 saturated carbocycles. The lowest BCUT2D eigenvalue weighted by molar-refractivity contribution is 0.0250. The summed E-state index contributed by atoms with van der Waals surface area (Å²) in [6.45, 7) is 0. The molecule has 100 valence electrons. The maximum absolute atomic E-state index is 12.1. The van der Waals surface area contributed by atoms with Gasteiger partial charge in [0.2, 0.25) is 0 Å². The first-order valence-electron chi connectivity index (χ1n) is 6.66. The Labute approximate surface area is 117 Å². The third-order valence-electron chi connectivity index (χ3n) is 3.59. The molecule has 1 aromatic carbocycles. The van der Waals surface area contributed by atoms with Crippen molar-refractivity contribution in [1.29, 1.82) is 5.26 Å². The van der Waals surface area contributed by atoms with Crippen LogP contribution in [0.5, 0.6) is 0 Å². The molecule has 1 aliphatic rings. The number of benzene rings is 1. The number of carbonyl (C=O) groups excluding carboxylic acids is 1. The summed E-state index contributed by atoms with van der Waals surface area (Å²) < 4.78 is 5.58. The molecule has 0 bridgehead atoms. The zero-order valence-corrected chi connectivity index (χ0v) is 10.9. The molecule has 1 aliphatic carbocycles. The van der Waals surface area contributed by atoms with E-state index in [2.05, 4.69) is 11.1 Å². The predicted molar refractivity (Wildman–Crippen MR) is 73.0 cm³/mol. The first-order chi connectivity index (χ1) is 9.78. The van der Waals surface area contributed by atoms with Gasteiger partial charge in [-0.15, -0.1) is 0 Å². The molecule has 1 atom stereocenters. The number of hydrogen-bond acceptors (Lipinski definition) is 3. The Hall–Kier alpha value is -2.54. The van der Waals surface area contributed by atoms with Crippen molar-refractivity contribution in [2.45, 2.75) is 25.4 Å². The maximum Gasteiger partial charge on any atom is 0.355 e. The number of H-pyrrole nitrogens is 1. The number of nitrogens with one attached hydrogen (secondary N) is 1. The van der Waals surface area contributed by atoms with E-state index in [-0.39, 0.29) is 6.10 Å². The van der Waals surface area contributed by atoms with Gasteiger partial charge in [-0.2, -0.15) is 5.26 Å². The summed E-state index contributed by atoms with van der Waals surface area (Å²) in [7, 11) is 0. The van der Waals surface area contributed by atoms with Crippen LogP contribution in [0.25, 0.3) is 0 Å². The Kier molecular flexibility index (Phi) is 3.26. The van der Waals surface area contributed by atoms with Gasteiger partial charge in [0.15, 0.2) is 0 Å². The van der Waals surface area contributed by atoms with E-state index in [0.29, 0.717) is 11.4 Å². The van der Waals surface area contributed by atoms with Crippen LogP contribution in [0.15, 0.2) is 36.4 Å². The van der Waals surface area contributed by atoms with E-state index < -0.39 is 5.97 Å². The summed E-state index contributed by atoms with van der Waals surface area (Å²) in [6, 6.07) is 13.2. The van der Waals surface area contributed by atoms with E-state index in [1.165, 1.54) is 5.56 Å². The first-order valence-corrected chi connectivity index (χ1v) is 6.66. The molecule has 0 aliphatic heterocycles. The van der Waals surface area contributed by atoms with Crippen LogP contribution in [0.4, 0.5) is 0 Å². The fourth-order valence-corrected chi connectivity index (χ4v) is 2.60. The van der Waals surface area contributed by atoms with Crippen molar-refractivity contribution in [3.63, 3.8) is 0 Å². The number of fused-ring (bicyclic) bond motifs is 1. The maximum atomic E-state index is 12.1. The molecule has 0 unspecified atom stereocenters. The van der Waals surface area contributed by atoms with Crippen LogP contribution in [0.1, 0.15) is 46.3 Å². The van der Waals surface area contributed by atoms with Gasteiger partial charge in [0.05, 0.1) is 0 Å². The molecule has 3 rings (SSSR count). The van der Waals surface area contributed by atoms with Gasteiger partial charge in [0, 0.05) is 0 Å². The van der Waals surface area contributed by atoms with Gasteiger partial charge in [-0.1, -0.05) is 24.3 Å². The predicted octanol–water partition coefficient (Wildman–Crippen LogP) is 3.12. The minimum atomic E-state index is -0.409. The van der Waals surface area contributed by atoms with E-state index in [9.17, 15) is 4.79 Å². The Balaban J connectivity index is 1.79. The third kappa shape index (κ3) is 2.30. The number of esters is 1. The molecule has 0 spiro atoms. The van der Waals surface area contributed by atoms with Crippen molar-refractivity contribution in [1.82, 2.24) is 4.98 Å². The van der Waals surface area contributed by atoms with Crippen LogP contribution in [-0.2, 0) is 11.2 Å². The molecule has 1 aromatic heterocycles. The van der Waals surface area contributed by atoms with E-state index in [1.807, 2.05) is 24.3 Å². The molecule has 4 heteroatoms. The van der Waals surface area contributed by atoms with E-state index in [0.717, 1.165) is 24.8 Å². The monoisotopic (exact) mass is 266 g/mol. The quantitative estimate of drug-likeness (QED) is 0.849. The minimum Gasteiger partial charge on any atom is -0.453 e. The van der Waals surface area contributed by atoms with Crippen LogP contribution in [-0.4, -0.2) is 11.0 Å². The van der Waals surface area contributed by atoms with Gasteiger partial charge >= 0.3 is 5.97 Å². The van der Waals surface area contributed by atoms with Crippen molar-refractivity contribution in [3.05, 3.63) is 58.9 Å². The van der Waals surface area contributed by atoms with Gasteiger partial charge < -0.3 is 9.72 Å². The number of ether oxygens (including phenoxy) is 1. The van der Waals surface area contributed by atoms with Crippen LogP contribution in [0, 0.1) is 11.3 Å². The van der Waals surface area contributed by atoms with Crippen molar-refractivity contribution in [3.8, 4) is 6.07 Å². The van der Waals surface area contributed by atoms with Crippen molar-refractivity contribution in [2.75, 3.05) is 0 Å². The highest BCUT2D eigenvalue weighted by Gasteiger charge is 2.24. The molecule has 0 fully saturated rings. The topological polar surface area (TPSA) is 65.9 Å². The van der Waals surface area contributed by atoms with Crippen molar-refractivity contribution >= 4 is 5.97 Å². The second kappa shape index (κ2) is 5.22. The molecule has 0 saturated heterocycles. The number of hydrogen-bond donors (Lipinski definition) is 1. The second-order valence-electron chi connectivity index (χ2n) is 4.88. The van der Waals surface area contributed by atoms with Gasteiger partial charge in [-0.05, 0) is 42.5 Å². The van der Waals surface area contributed by atoms with Crippen LogP contribution in [0.3, 0.4) is 0 Å². The normalized spacial score (nSPS) is 17.1. The van der Waals surface area contributed by atoms with Crippen LogP contribution in [0.2, 0.25) is 0 Å². The second-order valence-corrected chi connectivity index (χ2v) is 4.88. The molecule has 1 heterocycles. The SMILES string of the molecule is N#Cc1ccc(C(=O)O[C@H]2CCCc3ccccc32)[nH]1. The number of carbonyl (C=O) groups is 1. The Morgan fingerprint density at radius 2 is 2.15 bits per heavy atom. The Morgan fingerprint density at radius 3 is 2.95 bits per heavy atom. The van der Waals surface area contributed by atoms with Gasteiger partial charge in [0.25, 0.3) is 0 Å².